The summed E-state index contributed by atoms with van der Waals surface area (Å²) in [6.45, 7) is 0.909. The van der Waals surface area contributed by atoms with Gasteiger partial charge >= 0.3 is 0 Å². The Morgan fingerprint density at radius 2 is 2.24 bits per heavy atom. The van der Waals surface area contributed by atoms with E-state index in [0.717, 1.165) is 18.5 Å². The lowest BCUT2D eigenvalue weighted by atomic mass is 9.94. The molecule has 21 heavy (non-hydrogen) atoms. The van der Waals surface area contributed by atoms with Gasteiger partial charge in [-0.2, -0.15) is 10.1 Å². The summed E-state index contributed by atoms with van der Waals surface area (Å²) < 4.78 is 7.19. The van der Waals surface area contributed by atoms with E-state index in [1.54, 1.807) is 10.9 Å². The van der Waals surface area contributed by atoms with Gasteiger partial charge < -0.3 is 9.84 Å². The Labute approximate surface area is 121 Å². The number of rotatable bonds is 2. The van der Waals surface area contributed by atoms with E-state index < -0.39 is 0 Å². The third kappa shape index (κ3) is 2.13. The van der Waals surface area contributed by atoms with Crippen molar-refractivity contribution in [3.05, 3.63) is 53.7 Å². The maximum absolute atomic E-state index is 5.46. The summed E-state index contributed by atoms with van der Waals surface area (Å²) in [5, 5.41) is 11.6. The summed E-state index contributed by atoms with van der Waals surface area (Å²) in [5.41, 5.74) is 3.41. The summed E-state index contributed by atoms with van der Waals surface area (Å²) in [5.74, 6) is 1.17. The van der Waals surface area contributed by atoms with Crippen molar-refractivity contribution in [2.45, 2.75) is 12.5 Å². The Kier molecular flexibility index (Phi) is 2.82. The van der Waals surface area contributed by atoms with Crippen LogP contribution in [0, 0.1) is 0 Å². The molecule has 0 aliphatic carbocycles. The molecule has 1 aromatic carbocycles. The Balaban J connectivity index is 1.71. The van der Waals surface area contributed by atoms with E-state index in [4.69, 9.17) is 4.52 Å². The van der Waals surface area contributed by atoms with E-state index in [0.29, 0.717) is 11.7 Å². The van der Waals surface area contributed by atoms with Crippen molar-refractivity contribution in [1.82, 2.24) is 25.2 Å². The van der Waals surface area contributed by atoms with Crippen LogP contribution in [0.15, 0.2) is 41.2 Å². The zero-order chi connectivity index (χ0) is 14.2. The Bertz CT molecular complexity index is 776. The zero-order valence-corrected chi connectivity index (χ0v) is 11.7. The number of benzene rings is 1. The highest BCUT2D eigenvalue weighted by Crippen LogP contribution is 2.28. The highest BCUT2D eigenvalue weighted by molar-refractivity contribution is 5.51. The molecule has 1 unspecified atom stereocenters. The van der Waals surface area contributed by atoms with E-state index in [1.165, 1.54) is 11.1 Å². The number of hydrogen-bond acceptors (Lipinski definition) is 5. The molecular weight excluding hydrogens is 266 g/mol. The van der Waals surface area contributed by atoms with Gasteiger partial charge in [0.25, 0.3) is 0 Å². The molecule has 6 nitrogen and oxygen atoms in total. The number of fused-ring (bicyclic) bond motifs is 1. The number of hydrogen-bond donors (Lipinski definition) is 1. The number of nitrogens with zero attached hydrogens (tertiary/aromatic N) is 4. The van der Waals surface area contributed by atoms with E-state index >= 15 is 0 Å². The molecule has 0 saturated heterocycles. The molecule has 3 aromatic rings. The summed E-state index contributed by atoms with van der Waals surface area (Å²) in [4.78, 5) is 4.52. The Morgan fingerprint density at radius 1 is 1.33 bits per heavy atom. The van der Waals surface area contributed by atoms with Gasteiger partial charge in [0, 0.05) is 19.8 Å². The third-order valence-electron chi connectivity index (χ3n) is 3.76. The van der Waals surface area contributed by atoms with Crippen LogP contribution in [0.25, 0.3) is 11.4 Å². The van der Waals surface area contributed by atoms with Crippen molar-refractivity contribution in [3.63, 3.8) is 0 Å². The van der Waals surface area contributed by atoms with E-state index in [2.05, 4.69) is 38.8 Å². The lowest BCUT2D eigenvalue weighted by Crippen LogP contribution is -2.30. The quantitative estimate of drug-likeness (QED) is 0.774. The predicted octanol–water partition coefficient (Wildman–Crippen LogP) is 1.71. The maximum Gasteiger partial charge on any atom is 0.248 e. The van der Waals surface area contributed by atoms with Crippen LogP contribution in [-0.4, -0.2) is 26.5 Å². The van der Waals surface area contributed by atoms with Gasteiger partial charge in [-0.3, -0.25) is 4.68 Å². The summed E-state index contributed by atoms with van der Waals surface area (Å²) in [7, 11) is 1.86. The molecule has 0 bridgehead atoms. The molecule has 0 spiro atoms. The van der Waals surface area contributed by atoms with E-state index in [1.807, 2.05) is 19.3 Å². The van der Waals surface area contributed by atoms with Crippen LogP contribution < -0.4 is 5.32 Å². The topological polar surface area (TPSA) is 68.8 Å². The lowest BCUT2D eigenvalue weighted by molar-refractivity contribution is 0.344. The molecular formula is C15H15N5O. The lowest BCUT2D eigenvalue weighted by Gasteiger charge is -2.23. The second-order valence-corrected chi connectivity index (χ2v) is 5.19. The van der Waals surface area contributed by atoms with Gasteiger partial charge in [0.05, 0.1) is 11.8 Å². The third-order valence-corrected chi connectivity index (χ3v) is 3.76. The maximum atomic E-state index is 5.46. The first-order valence-corrected chi connectivity index (χ1v) is 6.95. The minimum Gasteiger partial charge on any atom is -0.337 e. The first kappa shape index (κ1) is 12.3. The monoisotopic (exact) mass is 281 g/mol. The van der Waals surface area contributed by atoms with Crippen molar-refractivity contribution >= 4 is 0 Å². The highest BCUT2D eigenvalue weighted by atomic mass is 16.5. The molecule has 3 heterocycles. The fourth-order valence-electron chi connectivity index (χ4n) is 2.73. The molecule has 1 aliphatic rings. The van der Waals surface area contributed by atoms with Gasteiger partial charge in [0.2, 0.25) is 11.7 Å². The molecule has 0 saturated carbocycles. The van der Waals surface area contributed by atoms with Crippen molar-refractivity contribution in [2.75, 3.05) is 6.54 Å². The van der Waals surface area contributed by atoms with Gasteiger partial charge in [-0.1, -0.05) is 29.4 Å². The largest absolute Gasteiger partial charge is 0.337 e. The van der Waals surface area contributed by atoms with Crippen molar-refractivity contribution in [1.29, 1.82) is 0 Å². The standard InChI is InChI=1S/C15H15N5O/c1-20-9-11(8-17-20)14-18-15(21-19-14)13-12-5-3-2-4-10(12)6-7-16-13/h2-5,8-9,13,16H,6-7H2,1H3. The number of aryl methyl sites for hydroxylation is 1. The Morgan fingerprint density at radius 3 is 3.10 bits per heavy atom. The minimum absolute atomic E-state index is 0.0344. The fraction of sp³-hybridized carbons (Fsp3) is 0.267. The molecule has 1 N–H and O–H groups in total. The fourth-order valence-corrected chi connectivity index (χ4v) is 2.73. The molecule has 2 aromatic heterocycles. The molecule has 0 radical (unpaired) electrons. The Hall–Kier alpha value is -2.47. The van der Waals surface area contributed by atoms with Crippen molar-refractivity contribution in [2.24, 2.45) is 7.05 Å². The van der Waals surface area contributed by atoms with Crippen LogP contribution in [0.4, 0.5) is 0 Å². The van der Waals surface area contributed by atoms with Gasteiger partial charge in [-0.05, 0) is 17.5 Å². The molecule has 6 heteroatoms. The highest BCUT2D eigenvalue weighted by Gasteiger charge is 2.26. The second-order valence-electron chi connectivity index (χ2n) is 5.19. The molecule has 106 valence electrons. The van der Waals surface area contributed by atoms with Crippen molar-refractivity contribution < 1.29 is 4.52 Å². The van der Waals surface area contributed by atoms with Crippen molar-refractivity contribution in [3.8, 4) is 11.4 Å². The zero-order valence-electron chi connectivity index (χ0n) is 11.7. The van der Waals surface area contributed by atoms with E-state index in [9.17, 15) is 0 Å². The van der Waals surface area contributed by atoms with Crippen LogP contribution in [0.1, 0.15) is 23.1 Å². The predicted molar refractivity (Wildman–Crippen MR) is 76.5 cm³/mol. The van der Waals surface area contributed by atoms with Gasteiger partial charge in [-0.15, -0.1) is 0 Å². The first-order chi connectivity index (χ1) is 10.3. The van der Waals surface area contributed by atoms with Crippen LogP contribution >= 0.6 is 0 Å². The van der Waals surface area contributed by atoms with Crippen LogP contribution in [0.2, 0.25) is 0 Å². The van der Waals surface area contributed by atoms with Crippen LogP contribution in [0.3, 0.4) is 0 Å². The molecule has 1 atom stereocenters. The molecule has 1 aliphatic heterocycles. The van der Waals surface area contributed by atoms with Gasteiger partial charge in [-0.25, -0.2) is 0 Å². The number of nitrogens with one attached hydrogen (secondary N) is 1. The normalized spacial score (nSPS) is 17.7. The molecule has 4 rings (SSSR count). The number of aromatic nitrogens is 4. The second kappa shape index (κ2) is 4.82. The average Bonchev–Trinajstić information content (AvgIpc) is 3.15. The molecule has 0 amide bonds. The van der Waals surface area contributed by atoms with E-state index in [-0.39, 0.29) is 6.04 Å². The average molecular weight is 281 g/mol. The summed E-state index contributed by atoms with van der Waals surface area (Å²) >= 11 is 0. The van der Waals surface area contributed by atoms with Crippen LogP contribution in [-0.2, 0) is 13.5 Å². The van der Waals surface area contributed by atoms with Gasteiger partial charge in [0.1, 0.15) is 6.04 Å². The van der Waals surface area contributed by atoms with Crippen LogP contribution in [0.5, 0.6) is 0 Å². The van der Waals surface area contributed by atoms with Gasteiger partial charge in [0.15, 0.2) is 0 Å². The molecule has 0 fully saturated rings. The summed E-state index contributed by atoms with van der Waals surface area (Å²) in [6.07, 6.45) is 4.63. The SMILES string of the molecule is Cn1cc(-c2noc(C3NCCc4ccccc43)n2)cn1. The summed E-state index contributed by atoms with van der Waals surface area (Å²) in [6, 6.07) is 8.34. The minimum atomic E-state index is -0.0344. The smallest absolute Gasteiger partial charge is 0.248 e. The first-order valence-electron chi connectivity index (χ1n) is 6.95.